The number of aliphatic hydroxyl groups excluding tert-OH is 1. The number of benzene rings is 2. The Balaban J connectivity index is 1.68. The summed E-state index contributed by atoms with van der Waals surface area (Å²) in [6.07, 6.45) is 0.750. The van der Waals surface area contributed by atoms with E-state index < -0.39 is 0 Å². The van der Waals surface area contributed by atoms with Crippen LogP contribution in [0.5, 0.6) is 11.5 Å². The molecule has 0 saturated carbocycles. The van der Waals surface area contributed by atoms with Gasteiger partial charge in [-0.05, 0) is 31.0 Å². The van der Waals surface area contributed by atoms with Crippen LogP contribution in [0.4, 0.5) is 0 Å². The van der Waals surface area contributed by atoms with E-state index in [1.54, 1.807) is 19.2 Å². The first-order valence-electron chi connectivity index (χ1n) is 9.58. The molecule has 0 spiro atoms. The molecule has 5 heteroatoms. The minimum absolute atomic E-state index is 0.183. The number of rotatable bonds is 7. The van der Waals surface area contributed by atoms with Gasteiger partial charge in [0.1, 0.15) is 11.5 Å². The molecule has 1 saturated heterocycles. The van der Waals surface area contributed by atoms with E-state index >= 15 is 0 Å². The van der Waals surface area contributed by atoms with Gasteiger partial charge in [0.25, 0.3) is 0 Å². The summed E-state index contributed by atoms with van der Waals surface area (Å²) in [5.74, 6) is 0.992. The van der Waals surface area contributed by atoms with Crippen LogP contribution in [0, 0.1) is 6.92 Å². The standard InChI is InChI=1S/C22H30N2O3/c1-17-6-8-18(9-7-17)14-24-12-11-23(15-19(24)10-13-25)16-20-21(26)4-3-5-22(20)27-2/h3-9,19,25-26H,10-16H2,1-2H3. The van der Waals surface area contributed by atoms with Crippen LogP contribution in [0.15, 0.2) is 42.5 Å². The zero-order chi connectivity index (χ0) is 19.2. The highest BCUT2D eigenvalue weighted by molar-refractivity contribution is 5.43. The van der Waals surface area contributed by atoms with E-state index in [9.17, 15) is 10.2 Å². The third kappa shape index (κ3) is 5.01. The van der Waals surface area contributed by atoms with Crippen molar-refractivity contribution in [1.29, 1.82) is 0 Å². The molecule has 1 heterocycles. The van der Waals surface area contributed by atoms with Gasteiger partial charge in [0.15, 0.2) is 0 Å². The van der Waals surface area contributed by atoms with Crippen molar-refractivity contribution in [2.24, 2.45) is 0 Å². The summed E-state index contributed by atoms with van der Waals surface area (Å²) in [7, 11) is 1.63. The van der Waals surface area contributed by atoms with Crippen molar-refractivity contribution in [2.75, 3.05) is 33.4 Å². The number of piperazine rings is 1. The Morgan fingerprint density at radius 2 is 1.85 bits per heavy atom. The smallest absolute Gasteiger partial charge is 0.127 e. The summed E-state index contributed by atoms with van der Waals surface area (Å²) in [6.45, 7) is 6.56. The van der Waals surface area contributed by atoms with Gasteiger partial charge in [0, 0.05) is 50.9 Å². The molecule has 3 rings (SSSR count). The second kappa shape index (κ2) is 9.22. The minimum atomic E-state index is 0.183. The summed E-state index contributed by atoms with van der Waals surface area (Å²) >= 11 is 0. The van der Waals surface area contributed by atoms with Crippen LogP contribution < -0.4 is 4.74 Å². The van der Waals surface area contributed by atoms with Crippen molar-refractivity contribution in [2.45, 2.75) is 32.5 Å². The fourth-order valence-corrected chi connectivity index (χ4v) is 3.79. The summed E-state index contributed by atoms with van der Waals surface area (Å²) in [6, 6.07) is 14.3. The van der Waals surface area contributed by atoms with Crippen LogP contribution in [-0.2, 0) is 13.1 Å². The van der Waals surface area contributed by atoms with Crippen molar-refractivity contribution in [3.05, 3.63) is 59.2 Å². The van der Waals surface area contributed by atoms with Gasteiger partial charge < -0.3 is 14.9 Å². The molecule has 2 N–H and O–H groups in total. The van der Waals surface area contributed by atoms with Gasteiger partial charge in [0.05, 0.1) is 7.11 Å². The fourth-order valence-electron chi connectivity index (χ4n) is 3.79. The number of hydrogen-bond donors (Lipinski definition) is 2. The fraction of sp³-hybridized carbons (Fsp3) is 0.455. The maximum absolute atomic E-state index is 10.2. The van der Waals surface area contributed by atoms with Gasteiger partial charge >= 0.3 is 0 Å². The Labute approximate surface area is 161 Å². The Kier molecular flexibility index (Phi) is 6.72. The molecular weight excluding hydrogens is 340 g/mol. The molecule has 1 atom stereocenters. The zero-order valence-electron chi connectivity index (χ0n) is 16.3. The number of phenolic OH excluding ortho intramolecular Hbond substituents is 1. The van der Waals surface area contributed by atoms with Gasteiger partial charge in [-0.15, -0.1) is 0 Å². The van der Waals surface area contributed by atoms with Crippen molar-refractivity contribution < 1.29 is 14.9 Å². The first kappa shape index (κ1) is 19.7. The van der Waals surface area contributed by atoms with Gasteiger partial charge in [0.2, 0.25) is 0 Å². The Morgan fingerprint density at radius 1 is 1.07 bits per heavy atom. The second-order valence-electron chi connectivity index (χ2n) is 7.32. The topological polar surface area (TPSA) is 56.2 Å². The summed E-state index contributed by atoms with van der Waals surface area (Å²) in [4.78, 5) is 4.79. The normalized spacial score (nSPS) is 18.6. The van der Waals surface area contributed by atoms with E-state index in [-0.39, 0.29) is 12.4 Å². The molecule has 0 aromatic heterocycles. The van der Waals surface area contributed by atoms with Crippen molar-refractivity contribution in [3.8, 4) is 11.5 Å². The SMILES string of the molecule is COc1cccc(O)c1CN1CCN(Cc2ccc(C)cc2)C(CCO)C1. The molecule has 0 amide bonds. The van der Waals surface area contributed by atoms with Crippen LogP contribution in [0.3, 0.4) is 0 Å². The molecule has 1 aliphatic heterocycles. The monoisotopic (exact) mass is 370 g/mol. The lowest BCUT2D eigenvalue weighted by molar-refractivity contribution is 0.0493. The van der Waals surface area contributed by atoms with E-state index in [0.717, 1.165) is 43.9 Å². The maximum atomic E-state index is 10.2. The van der Waals surface area contributed by atoms with E-state index in [4.69, 9.17) is 4.74 Å². The quantitative estimate of drug-likeness (QED) is 0.785. The third-order valence-electron chi connectivity index (χ3n) is 5.37. The van der Waals surface area contributed by atoms with E-state index in [0.29, 0.717) is 12.6 Å². The average molecular weight is 370 g/mol. The maximum Gasteiger partial charge on any atom is 0.127 e. The van der Waals surface area contributed by atoms with E-state index in [1.807, 2.05) is 6.07 Å². The number of ether oxygens (including phenoxy) is 1. The molecule has 146 valence electrons. The number of aliphatic hydroxyl groups is 1. The highest BCUT2D eigenvalue weighted by atomic mass is 16.5. The van der Waals surface area contributed by atoms with Crippen LogP contribution in [0.1, 0.15) is 23.1 Å². The molecule has 1 unspecified atom stereocenters. The van der Waals surface area contributed by atoms with Crippen molar-refractivity contribution in [3.63, 3.8) is 0 Å². The molecular formula is C22H30N2O3. The summed E-state index contributed by atoms with van der Waals surface area (Å²) < 4.78 is 5.41. The molecule has 2 aromatic rings. The van der Waals surface area contributed by atoms with Crippen LogP contribution in [0.25, 0.3) is 0 Å². The third-order valence-corrected chi connectivity index (χ3v) is 5.37. The van der Waals surface area contributed by atoms with Gasteiger partial charge in [-0.2, -0.15) is 0 Å². The van der Waals surface area contributed by atoms with Gasteiger partial charge in [-0.3, -0.25) is 9.80 Å². The highest BCUT2D eigenvalue weighted by Crippen LogP contribution is 2.29. The van der Waals surface area contributed by atoms with Gasteiger partial charge in [-0.1, -0.05) is 35.9 Å². The largest absolute Gasteiger partial charge is 0.507 e. The van der Waals surface area contributed by atoms with E-state index in [2.05, 4.69) is 41.0 Å². The second-order valence-corrected chi connectivity index (χ2v) is 7.32. The number of phenols is 1. The number of aromatic hydroxyl groups is 1. The lowest BCUT2D eigenvalue weighted by atomic mass is 10.0. The zero-order valence-corrected chi connectivity index (χ0v) is 16.3. The molecule has 27 heavy (non-hydrogen) atoms. The van der Waals surface area contributed by atoms with Crippen molar-refractivity contribution in [1.82, 2.24) is 9.80 Å². The number of nitrogens with zero attached hydrogens (tertiary/aromatic N) is 2. The molecule has 0 bridgehead atoms. The lowest BCUT2D eigenvalue weighted by Crippen LogP contribution is -2.52. The minimum Gasteiger partial charge on any atom is -0.507 e. The Hall–Kier alpha value is -2.08. The summed E-state index contributed by atoms with van der Waals surface area (Å²) in [5, 5.41) is 19.8. The molecule has 5 nitrogen and oxygen atoms in total. The van der Waals surface area contributed by atoms with E-state index in [1.165, 1.54) is 11.1 Å². The summed E-state index contributed by atoms with van der Waals surface area (Å²) in [5.41, 5.74) is 3.40. The number of methoxy groups -OCH3 is 1. The molecule has 2 aromatic carbocycles. The average Bonchev–Trinajstić information content (AvgIpc) is 2.67. The Morgan fingerprint density at radius 3 is 2.56 bits per heavy atom. The predicted molar refractivity (Wildman–Crippen MR) is 107 cm³/mol. The number of aryl methyl sites for hydroxylation is 1. The van der Waals surface area contributed by atoms with Crippen molar-refractivity contribution >= 4 is 0 Å². The van der Waals surface area contributed by atoms with Crippen LogP contribution in [0.2, 0.25) is 0 Å². The van der Waals surface area contributed by atoms with Gasteiger partial charge in [-0.25, -0.2) is 0 Å². The predicted octanol–water partition coefficient (Wildman–Crippen LogP) is 2.78. The Bertz CT molecular complexity index is 733. The molecule has 0 radical (unpaired) electrons. The first-order valence-corrected chi connectivity index (χ1v) is 9.58. The van der Waals surface area contributed by atoms with Crippen LogP contribution >= 0.6 is 0 Å². The first-order chi connectivity index (χ1) is 13.1. The molecule has 0 aliphatic carbocycles. The van der Waals surface area contributed by atoms with Crippen LogP contribution in [-0.4, -0.2) is 59.4 Å². The highest BCUT2D eigenvalue weighted by Gasteiger charge is 2.27. The molecule has 1 fully saturated rings. The lowest BCUT2D eigenvalue weighted by Gasteiger charge is -2.41. The number of hydrogen-bond acceptors (Lipinski definition) is 5. The molecule has 1 aliphatic rings.